The molecule has 0 radical (unpaired) electrons. The van der Waals surface area contributed by atoms with E-state index < -0.39 is 0 Å². The van der Waals surface area contributed by atoms with E-state index in [1.54, 1.807) is 14.2 Å². The molecule has 0 aliphatic rings. The van der Waals surface area contributed by atoms with Gasteiger partial charge in [0.25, 0.3) is 0 Å². The molecule has 4 heteroatoms. The fraction of sp³-hybridized carbons (Fsp3) is 0.318. The highest BCUT2D eigenvalue weighted by Crippen LogP contribution is 2.30. The zero-order chi connectivity index (χ0) is 18.7. The summed E-state index contributed by atoms with van der Waals surface area (Å²) < 4.78 is 12.9. The van der Waals surface area contributed by atoms with Crippen LogP contribution in [0.5, 0.6) is 11.5 Å². The summed E-state index contributed by atoms with van der Waals surface area (Å²) in [6.45, 7) is 5.10. The van der Waals surface area contributed by atoms with Gasteiger partial charge in [0.2, 0.25) is 0 Å². The minimum absolute atomic E-state index is 0.126. The van der Waals surface area contributed by atoms with Crippen molar-refractivity contribution in [2.24, 2.45) is 0 Å². The fourth-order valence-corrected chi connectivity index (χ4v) is 3.56. The molecule has 0 bridgehead atoms. The lowest BCUT2D eigenvalue weighted by Crippen LogP contribution is -2.07. The number of hydrogen-bond donors (Lipinski definition) is 0. The van der Waals surface area contributed by atoms with Crippen LogP contribution in [0, 0.1) is 6.92 Å². The number of para-hydroxylation sites is 1. The molecule has 0 spiro atoms. The molecule has 1 heterocycles. The number of fused-ring (bicyclic) bond motifs is 1. The van der Waals surface area contributed by atoms with Crippen molar-refractivity contribution in [1.82, 2.24) is 4.57 Å². The predicted molar refractivity (Wildman–Crippen MR) is 105 cm³/mol. The van der Waals surface area contributed by atoms with E-state index in [0.717, 1.165) is 40.7 Å². The summed E-state index contributed by atoms with van der Waals surface area (Å²) in [4.78, 5) is 13.1. The first-order valence-corrected chi connectivity index (χ1v) is 8.92. The maximum absolute atomic E-state index is 13.1. The lowest BCUT2D eigenvalue weighted by molar-refractivity contribution is 0.0993. The Hall–Kier alpha value is -2.75. The molecule has 26 heavy (non-hydrogen) atoms. The van der Waals surface area contributed by atoms with Gasteiger partial charge in [0, 0.05) is 35.1 Å². The standard InChI is InChI=1S/C22H25NO3/c1-5-12-23-15(2)22(17-8-6-7-9-18(17)23)19(24)13-16-10-11-20(25-3)21(14-16)26-4/h6-11,14H,5,12-13H2,1-4H3. The number of hydrogen-bond acceptors (Lipinski definition) is 3. The molecule has 2 aromatic carbocycles. The van der Waals surface area contributed by atoms with Crippen molar-refractivity contribution in [3.8, 4) is 11.5 Å². The van der Waals surface area contributed by atoms with Crippen LogP contribution in [0.4, 0.5) is 0 Å². The Morgan fingerprint density at radius 2 is 1.77 bits per heavy atom. The Balaban J connectivity index is 1.99. The molecule has 3 aromatic rings. The van der Waals surface area contributed by atoms with E-state index in [9.17, 15) is 4.79 Å². The number of methoxy groups -OCH3 is 2. The van der Waals surface area contributed by atoms with Gasteiger partial charge in [0.1, 0.15) is 0 Å². The van der Waals surface area contributed by atoms with Crippen LogP contribution in [-0.2, 0) is 13.0 Å². The molecule has 0 amide bonds. The Bertz CT molecular complexity index is 940. The maximum atomic E-state index is 13.1. The first kappa shape index (κ1) is 18.1. The van der Waals surface area contributed by atoms with Crippen molar-refractivity contribution in [3.05, 3.63) is 59.3 Å². The van der Waals surface area contributed by atoms with Crippen LogP contribution in [0.25, 0.3) is 10.9 Å². The van der Waals surface area contributed by atoms with E-state index in [4.69, 9.17) is 9.47 Å². The molecule has 136 valence electrons. The fourth-order valence-electron chi connectivity index (χ4n) is 3.56. The van der Waals surface area contributed by atoms with Gasteiger partial charge in [-0.15, -0.1) is 0 Å². The molecule has 4 nitrogen and oxygen atoms in total. The van der Waals surface area contributed by atoms with Gasteiger partial charge in [-0.05, 0) is 37.1 Å². The summed E-state index contributed by atoms with van der Waals surface area (Å²) in [5.74, 6) is 1.43. The molecule has 0 N–H and O–H groups in total. The van der Waals surface area contributed by atoms with Crippen LogP contribution < -0.4 is 9.47 Å². The molecular weight excluding hydrogens is 326 g/mol. The Labute approximate surface area is 154 Å². The number of ether oxygens (including phenoxy) is 2. The van der Waals surface area contributed by atoms with E-state index in [2.05, 4.69) is 17.6 Å². The number of carbonyl (C=O) groups is 1. The maximum Gasteiger partial charge on any atom is 0.169 e. The summed E-state index contributed by atoms with van der Waals surface area (Å²) in [5, 5.41) is 1.03. The smallest absolute Gasteiger partial charge is 0.169 e. The van der Waals surface area contributed by atoms with Crippen LogP contribution in [0.3, 0.4) is 0 Å². The minimum atomic E-state index is 0.126. The van der Waals surface area contributed by atoms with Crippen LogP contribution in [0.2, 0.25) is 0 Å². The molecule has 0 saturated heterocycles. The zero-order valence-electron chi connectivity index (χ0n) is 15.8. The van der Waals surface area contributed by atoms with Gasteiger partial charge in [-0.1, -0.05) is 31.2 Å². The summed E-state index contributed by atoms with van der Waals surface area (Å²) in [6, 6.07) is 13.8. The van der Waals surface area contributed by atoms with Gasteiger partial charge in [-0.2, -0.15) is 0 Å². The van der Waals surface area contributed by atoms with Gasteiger partial charge >= 0.3 is 0 Å². The highest BCUT2D eigenvalue weighted by atomic mass is 16.5. The lowest BCUT2D eigenvalue weighted by atomic mass is 10.00. The van der Waals surface area contributed by atoms with Crippen molar-refractivity contribution >= 4 is 16.7 Å². The second kappa shape index (κ2) is 7.65. The molecule has 0 aliphatic heterocycles. The van der Waals surface area contributed by atoms with E-state index >= 15 is 0 Å². The number of aromatic nitrogens is 1. The Morgan fingerprint density at radius 3 is 2.46 bits per heavy atom. The third kappa shape index (κ3) is 3.19. The molecule has 0 fully saturated rings. The topological polar surface area (TPSA) is 40.5 Å². The monoisotopic (exact) mass is 351 g/mol. The van der Waals surface area contributed by atoms with Crippen molar-refractivity contribution in [2.45, 2.75) is 33.2 Å². The zero-order valence-corrected chi connectivity index (χ0v) is 15.8. The average Bonchev–Trinajstić information content (AvgIpc) is 2.94. The molecule has 0 aliphatic carbocycles. The van der Waals surface area contributed by atoms with Crippen LogP contribution in [0.1, 0.15) is 35.0 Å². The summed E-state index contributed by atoms with van der Waals surface area (Å²) in [7, 11) is 3.21. The number of carbonyl (C=O) groups excluding carboxylic acids is 1. The van der Waals surface area contributed by atoms with Crippen LogP contribution >= 0.6 is 0 Å². The molecular formula is C22H25NO3. The number of ketones is 1. The average molecular weight is 351 g/mol. The predicted octanol–water partition coefficient (Wildman–Crippen LogP) is 4.80. The van der Waals surface area contributed by atoms with Crippen molar-refractivity contribution < 1.29 is 14.3 Å². The van der Waals surface area contributed by atoms with Crippen molar-refractivity contribution in [1.29, 1.82) is 0 Å². The normalized spacial score (nSPS) is 10.9. The summed E-state index contributed by atoms with van der Waals surface area (Å²) in [5.41, 5.74) is 3.91. The van der Waals surface area contributed by atoms with Crippen LogP contribution in [0.15, 0.2) is 42.5 Å². The van der Waals surface area contributed by atoms with Gasteiger partial charge in [-0.3, -0.25) is 4.79 Å². The number of nitrogens with zero attached hydrogens (tertiary/aromatic N) is 1. The minimum Gasteiger partial charge on any atom is -0.493 e. The number of aryl methyl sites for hydroxylation is 1. The second-order valence-electron chi connectivity index (χ2n) is 6.42. The third-order valence-corrected chi connectivity index (χ3v) is 4.77. The number of benzene rings is 2. The van der Waals surface area contributed by atoms with Gasteiger partial charge in [0.05, 0.1) is 14.2 Å². The third-order valence-electron chi connectivity index (χ3n) is 4.77. The summed E-state index contributed by atoms with van der Waals surface area (Å²) in [6.07, 6.45) is 1.37. The highest BCUT2D eigenvalue weighted by Gasteiger charge is 2.20. The SMILES string of the molecule is CCCn1c(C)c(C(=O)Cc2ccc(OC)c(OC)c2)c2ccccc21. The molecule has 1 aromatic heterocycles. The Morgan fingerprint density at radius 1 is 1.04 bits per heavy atom. The first-order valence-electron chi connectivity index (χ1n) is 8.92. The van der Waals surface area contributed by atoms with E-state index in [-0.39, 0.29) is 5.78 Å². The molecule has 0 atom stereocenters. The lowest BCUT2D eigenvalue weighted by Gasteiger charge is -2.10. The number of rotatable bonds is 7. The van der Waals surface area contributed by atoms with Gasteiger partial charge in [0.15, 0.2) is 17.3 Å². The van der Waals surface area contributed by atoms with Crippen LogP contribution in [-0.4, -0.2) is 24.6 Å². The van der Waals surface area contributed by atoms with E-state index in [0.29, 0.717) is 17.9 Å². The first-order chi connectivity index (χ1) is 12.6. The molecule has 0 unspecified atom stereocenters. The van der Waals surface area contributed by atoms with Gasteiger partial charge in [-0.25, -0.2) is 0 Å². The van der Waals surface area contributed by atoms with E-state index in [1.807, 2.05) is 43.3 Å². The van der Waals surface area contributed by atoms with E-state index in [1.165, 1.54) is 0 Å². The Kier molecular flexibility index (Phi) is 5.31. The largest absolute Gasteiger partial charge is 0.493 e. The van der Waals surface area contributed by atoms with Gasteiger partial charge < -0.3 is 14.0 Å². The molecule has 3 rings (SSSR count). The second-order valence-corrected chi connectivity index (χ2v) is 6.42. The van der Waals surface area contributed by atoms with Crippen molar-refractivity contribution in [3.63, 3.8) is 0 Å². The van der Waals surface area contributed by atoms with Crippen molar-refractivity contribution in [2.75, 3.05) is 14.2 Å². The summed E-state index contributed by atoms with van der Waals surface area (Å²) >= 11 is 0. The highest BCUT2D eigenvalue weighted by molar-refractivity contribution is 6.10. The number of Topliss-reactive ketones (excluding diaryl/α,β-unsaturated/α-hetero) is 1. The quantitative estimate of drug-likeness (QED) is 0.574. The molecule has 0 saturated carbocycles.